The highest BCUT2D eigenvalue weighted by Gasteiger charge is 2.41. The minimum absolute atomic E-state index is 0.00854. The summed E-state index contributed by atoms with van der Waals surface area (Å²) in [6.45, 7) is 3.06. The quantitative estimate of drug-likeness (QED) is 0.832. The third-order valence-electron chi connectivity index (χ3n) is 4.78. The topological polar surface area (TPSA) is 42.0 Å². The monoisotopic (exact) mass is 358 g/mol. The smallest absolute Gasteiger partial charge is 0.406 e. The van der Waals surface area contributed by atoms with Crippen molar-refractivity contribution in [1.82, 2.24) is 9.80 Å². The van der Waals surface area contributed by atoms with Crippen molar-refractivity contribution in [2.45, 2.75) is 31.3 Å². The molecule has 0 unspecified atom stereocenters. The molecular formula is C17H21F3N2O3. The standard InChI is InChI=1S/C17H21F3N2O3/c1-21-12-16(24-11-15(21)23)6-8-22(9-7-16)10-13-2-4-14(5-3-13)25-17(18,19)20/h2-5H,6-12H2,1H3. The van der Waals surface area contributed by atoms with Gasteiger partial charge in [-0.05, 0) is 30.5 Å². The molecule has 1 aromatic carbocycles. The van der Waals surface area contributed by atoms with E-state index in [2.05, 4.69) is 9.64 Å². The first-order valence-electron chi connectivity index (χ1n) is 8.20. The van der Waals surface area contributed by atoms with Crippen LogP contribution in [-0.2, 0) is 16.1 Å². The van der Waals surface area contributed by atoms with Crippen LogP contribution >= 0.6 is 0 Å². The van der Waals surface area contributed by atoms with Crippen LogP contribution in [0, 0.1) is 0 Å². The normalized spacial score (nSPS) is 21.6. The number of amides is 1. The second-order valence-corrected chi connectivity index (χ2v) is 6.69. The number of morpholine rings is 1. The minimum Gasteiger partial charge on any atom is -0.406 e. The molecule has 0 N–H and O–H groups in total. The van der Waals surface area contributed by atoms with Crippen molar-refractivity contribution in [2.24, 2.45) is 0 Å². The van der Waals surface area contributed by atoms with E-state index in [-0.39, 0.29) is 23.9 Å². The van der Waals surface area contributed by atoms with Gasteiger partial charge in [0.05, 0.1) is 5.60 Å². The summed E-state index contributed by atoms with van der Waals surface area (Å²) in [5, 5.41) is 0. The van der Waals surface area contributed by atoms with Crippen LogP contribution in [0.5, 0.6) is 5.75 Å². The Morgan fingerprint density at radius 1 is 1.20 bits per heavy atom. The maximum absolute atomic E-state index is 12.2. The van der Waals surface area contributed by atoms with E-state index in [0.29, 0.717) is 13.1 Å². The molecule has 1 spiro atoms. The Labute approximate surface area is 144 Å². The number of halogens is 3. The molecule has 138 valence electrons. The fourth-order valence-corrected chi connectivity index (χ4v) is 3.37. The van der Waals surface area contributed by atoms with Crippen LogP contribution in [-0.4, -0.2) is 61.0 Å². The number of hydrogen-bond donors (Lipinski definition) is 0. The van der Waals surface area contributed by atoms with Gasteiger partial charge < -0.3 is 14.4 Å². The first kappa shape index (κ1) is 18.0. The average molecular weight is 358 g/mol. The number of nitrogens with zero attached hydrogens (tertiary/aromatic N) is 2. The highest BCUT2D eigenvalue weighted by Crippen LogP contribution is 2.31. The Bertz CT molecular complexity index is 611. The number of likely N-dealkylation sites (N-methyl/N-ethyl adjacent to an activating group) is 1. The van der Waals surface area contributed by atoms with Gasteiger partial charge in [-0.15, -0.1) is 13.2 Å². The van der Waals surface area contributed by atoms with Crippen LogP contribution in [0.25, 0.3) is 0 Å². The first-order valence-corrected chi connectivity index (χ1v) is 8.20. The van der Waals surface area contributed by atoms with Crippen LogP contribution in [0.3, 0.4) is 0 Å². The third-order valence-corrected chi connectivity index (χ3v) is 4.78. The summed E-state index contributed by atoms with van der Waals surface area (Å²) in [4.78, 5) is 15.5. The van der Waals surface area contributed by atoms with E-state index in [0.717, 1.165) is 31.5 Å². The number of hydrogen-bond acceptors (Lipinski definition) is 4. The van der Waals surface area contributed by atoms with Crippen molar-refractivity contribution >= 4 is 5.91 Å². The van der Waals surface area contributed by atoms with Gasteiger partial charge in [0.2, 0.25) is 5.91 Å². The van der Waals surface area contributed by atoms with Crippen molar-refractivity contribution in [3.8, 4) is 5.75 Å². The summed E-state index contributed by atoms with van der Waals surface area (Å²) in [5.41, 5.74) is 0.672. The molecule has 0 bridgehead atoms. The summed E-state index contributed by atoms with van der Waals surface area (Å²) in [6.07, 6.45) is -3.00. The number of alkyl halides is 3. The molecule has 2 heterocycles. The van der Waals surface area contributed by atoms with Gasteiger partial charge in [0.15, 0.2) is 0 Å². The van der Waals surface area contributed by atoms with Gasteiger partial charge in [-0.1, -0.05) is 12.1 Å². The predicted octanol–water partition coefficient (Wildman–Crippen LogP) is 2.41. The number of likely N-dealkylation sites (tertiary alicyclic amines) is 1. The van der Waals surface area contributed by atoms with Gasteiger partial charge in [-0.25, -0.2) is 0 Å². The second-order valence-electron chi connectivity index (χ2n) is 6.69. The predicted molar refractivity (Wildman–Crippen MR) is 84.0 cm³/mol. The van der Waals surface area contributed by atoms with Crippen LogP contribution in [0.4, 0.5) is 13.2 Å². The zero-order chi connectivity index (χ0) is 18.1. The average Bonchev–Trinajstić information content (AvgIpc) is 2.54. The molecular weight excluding hydrogens is 337 g/mol. The molecule has 1 aromatic rings. The maximum Gasteiger partial charge on any atom is 0.573 e. The molecule has 2 fully saturated rings. The molecule has 3 rings (SSSR count). The van der Waals surface area contributed by atoms with E-state index in [1.165, 1.54) is 12.1 Å². The fourth-order valence-electron chi connectivity index (χ4n) is 3.37. The van der Waals surface area contributed by atoms with Gasteiger partial charge in [0, 0.05) is 33.2 Å². The van der Waals surface area contributed by atoms with Crippen molar-refractivity contribution < 1.29 is 27.4 Å². The lowest BCUT2D eigenvalue weighted by molar-refractivity contribution is -0.274. The second kappa shape index (κ2) is 6.84. The largest absolute Gasteiger partial charge is 0.573 e. The summed E-state index contributed by atoms with van der Waals surface area (Å²) < 4.78 is 46.2. The number of carbonyl (C=O) groups is 1. The van der Waals surface area contributed by atoms with Gasteiger partial charge in [-0.3, -0.25) is 9.69 Å². The van der Waals surface area contributed by atoms with Gasteiger partial charge in [-0.2, -0.15) is 0 Å². The Balaban J connectivity index is 1.51. The molecule has 5 nitrogen and oxygen atoms in total. The molecule has 0 radical (unpaired) electrons. The summed E-state index contributed by atoms with van der Waals surface area (Å²) in [6, 6.07) is 5.96. The highest BCUT2D eigenvalue weighted by molar-refractivity contribution is 5.78. The molecule has 8 heteroatoms. The molecule has 2 aliphatic rings. The Morgan fingerprint density at radius 2 is 1.84 bits per heavy atom. The molecule has 0 saturated carbocycles. The summed E-state index contributed by atoms with van der Waals surface area (Å²) >= 11 is 0. The number of carbonyl (C=O) groups excluding carboxylic acids is 1. The van der Waals surface area contributed by atoms with Gasteiger partial charge in [0.25, 0.3) is 0 Å². The third kappa shape index (κ3) is 4.64. The van der Waals surface area contributed by atoms with Gasteiger partial charge in [0.1, 0.15) is 12.4 Å². The van der Waals surface area contributed by atoms with Crippen molar-refractivity contribution in [1.29, 1.82) is 0 Å². The lowest BCUT2D eigenvalue weighted by Crippen LogP contribution is -2.57. The molecule has 0 aliphatic carbocycles. The van der Waals surface area contributed by atoms with Crippen LogP contribution in [0.15, 0.2) is 24.3 Å². The van der Waals surface area contributed by atoms with Crippen LogP contribution in [0.1, 0.15) is 18.4 Å². The molecule has 2 saturated heterocycles. The lowest BCUT2D eigenvalue weighted by atomic mass is 9.89. The number of benzene rings is 1. The van der Waals surface area contributed by atoms with Crippen molar-refractivity contribution in [3.63, 3.8) is 0 Å². The molecule has 0 aromatic heterocycles. The zero-order valence-corrected chi connectivity index (χ0v) is 14.0. The molecule has 25 heavy (non-hydrogen) atoms. The lowest BCUT2D eigenvalue weighted by Gasteiger charge is -2.46. The SMILES string of the molecule is CN1CC2(CCN(Cc3ccc(OC(F)(F)F)cc3)CC2)OCC1=O. The first-order chi connectivity index (χ1) is 11.7. The van der Waals surface area contributed by atoms with E-state index in [1.54, 1.807) is 24.1 Å². The van der Waals surface area contributed by atoms with E-state index in [1.807, 2.05) is 0 Å². The molecule has 0 atom stereocenters. The van der Waals surface area contributed by atoms with Crippen LogP contribution in [0.2, 0.25) is 0 Å². The fraction of sp³-hybridized carbons (Fsp3) is 0.588. The van der Waals surface area contributed by atoms with Gasteiger partial charge >= 0.3 is 6.36 Å². The number of piperidine rings is 1. The minimum atomic E-state index is -4.67. The van der Waals surface area contributed by atoms with E-state index in [9.17, 15) is 18.0 Å². The van der Waals surface area contributed by atoms with Crippen molar-refractivity contribution in [3.05, 3.63) is 29.8 Å². The van der Waals surface area contributed by atoms with Crippen LogP contribution < -0.4 is 4.74 Å². The number of ether oxygens (including phenoxy) is 2. The Kier molecular flexibility index (Phi) is 4.92. The summed E-state index contributed by atoms with van der Waals surface area (Å²) in [7, 11) is 1.80. The Hall–Kier alpha value is -1.80. The van der Waals surface area contributed by atoms with E-state index >= 15 is 0 Å². The Morgan fingerprint density at radius 3 is 2.40 bits per heavy atom. The zero-order valence-electron chi connectivity index (χ0n) is 14.0. The van der Waals surface area contributed by atoms with Crippen molar-refractivity contribution in [2.75, 3.05) is 33.3 Å². The highest BCUT2D eigenvalue weighted by atomic mass is 19.4. The van der Waals surface area contributed by atoms with E-state index < -0.39 is 6.36 Å². The number of rotatable bonds is 3. The molecule has 1 amide bonds. The van der Waals surface area contributed by atoms with E-state index in [4.69, 9.17) is 4.74 Å². The maximum atomic E-state index is 12.2. The molecule has 2 aliphatic heterocycles. The summed E-state index contributed by atoms with van der Waals surface area (Å²) in [5.74, 6) is -0.202.